The van der Waals surface area contributed by atoms with Crippen molar-refractivity contribution in [2.75, 3.05) is 6.54 Å². The van der Waals surface area contributed by atoms with Gasteiger partial charge >= 0.3 is 0 Å². The number of unbranched alkanes of at least 4 members (excludes halogenated alkanes) is 2. The van der Waals surface area contributed by atoms with Crippen molar-refractivity contribution >= 4 is 40.9 Å². The highest BCUT2D eigenvalue weighted by Crippen LogP contribution is 2.69. The molecule has 7 heteroatoms. The number of amides is 3. The number of carbonyl (C=O) groups excluding carboxylic acids is 3. The zero-order valence-electron chi connectivity index (χ0n) is 20.8. The molecule has 5 nitrogen and oxygen atoms in total. The van der Waals surface area contributed by atoms with Crippen LogP contribution in [-0.4, -0.2) is 29.2 Å². The monoisotopic (exact) mass is 546 g/mol. The highest BCUT2D eigenvalue weighted by Gasteiger charge is 2.72. The van der Waals surface area contributed by atoms with Crippen LogP contribution in [0.25, 0.3) is 0 Å². The Morgan fingerprint density at radius 3 is 1.68 bits per heavy atom. The molecule has 2 atom stereocenters. The van der Waals surface area contributed by atoms with E-state index in [-0.39, 0.29) is 17.7 Å². The van der Waals surface area contributed by atoms with E-state index in [1.807, 2.05) is 78.9 Å². The number of likely N-dealkylation sites (tertiary alicyclic amines) is 1. The van der Waals surface area contributed by atoms with Gasteiger partial charge in [0.2, 0.25) is 17.7 Å². The van der Waals surface area contributed by atoms with E-state index in [2.05, 4.69) is 5.32 Å². The highest BCUT2D eigenvalue weighted by atomic mass is 35.5. The van der Waals surface area contributed by atoms with E-state index < -0.39 is 21.6 Å². The number of rotatable bonds is 8. The Morgan fingerprint density at radius 2 is 1.18 bits per heavy atom. The van der Waals surface area contributed by atoms with Crippen LogP contribution in [0.2, 0.25) is 0 Å². The lowest BCUT2D eigenvalue weighted by Crippen LogP contribution is -2.57. The van der Waals surface area contributed by atoms with Crippen molar-refractivity contribution in [2.24, 2.45) is 11.8 Å². The fourth-order valence-electron chi connectivity index (χ4n) is 6.56. The predicted molar refractivity (Wildman–Crippen MR) is 147 cm³/mol. The Kier molecular flexibility index (Phi) is 6.32. The molecular weight excluding hydrogens is 519 g/mol. The van der Waals surface area contributed by atoms with Crippen molar-refractivity contribution in [2.45, 2.75) is 42.0 Å². The molecule has 1 aliphatic heterocycles. The minimum absolute atomic E-state index is 0.00605. The molecule has 194 valence electrons. The number of alkyl halides is 2. The molecule has 1 N–H and O–H groups in total. The zero-order valence-corrected chi connectivity index (χ0v) is 22.3. The number of halogens is 2. The molecule has 4 aliphatic rings. The lowest BCUT2D eigenvalue weighted by atomic mass is 9.54. The molecule has 1 heterocycles. The molecule has 0 radical (unpaired) electrons. The number of nitrogens with one attached hydrogen (secondary N) is 1. The summed E-state index contributed by atoms with van der Waals surface area (Å²) in [5.74, 6) is -2.05. The first kappa shape index (κ1) is 25.1. The van der Waals surface area contributed by atoms with Gasteiger partial charge in [0.1, 0.15) is 9.75 Å². The van der Waals surface area contributed by atoms with Crippen molar-refractivity contribution in [3.05, 3.63) is 107 Å². The molecular formula is C31H28Cl2N2O3. The summed E-state index contributed by atoms with van der Waals surface area (Å²) in [7, 11) is 0. The lowest BCUT2D eigenvalue weighted by Gasteiger charge is -2.54. The van der Waals surface area contributed by atoms with Gasteiger partial charge in [-0.2, -0.15) is 0 Å². The van der Waals surface area contributed by atoms with E-state index in [4.69, 9.17) is 23.2 Å². The smallest absolute Gasteiger partial charge is 0.235 e. The lowest BCUT2D eigenvalue weighted by molar-refractivity contribution is -0.140. The number of hydrogen-bond donors (Lipinski definition) is 1. The molecule has 38 heavy (non-hydrogen) atoms. The maximum absolute atomic E-state index is 13.8. The topological polar surface area (TPSA) is 66.5 Å². The van der Waals surface area contributed by atoms with E-state index in [9.17, 15) is 14.4 Å². The van der Waals surface area contributed by atoms with Gasteiger partial charge in [-0.15, -0.1) is 23.2 Å². The predicted octanol–water partition coefficient (Wildman–Crippen LogP) is 5.46. The molecule has 0 aromatic heterocycles. The first-order valence-corrected chi connectivity index (χ1v) is 13.9. The normalized spacial score (nSPS) is 26.6. The Bertz CT molecular complexity index is 1300. The maximum atomic E-state index is 13.8. The third kappa shape index (κ3) is 3.63. The van der Waals surface area contributed by atoms with Crippen molar-refractivity contribution in [1.29, 1.82) is 0 Å². The van der Waals surface area contributed by atoms with Crippen LogP contribution in [0.15, 0.2) is 78.9 Å². The summed E-state index contributed by atoms with van der Waals surface area (Å²) in [6.07, 6.45) is 2.43. The van der Waals surface area contributed by atoms with Crippen LogP contribution in [0.5, 0.6) is 0 Å². The van der Waals surface area contributed by atoms with Gasteiger partial charge in [-0.3, -0.25) is 19.3 Å². The first-order valence-electron chi connectivity index (χ1n) is 13.1. The number of imide groups is 1. The fraction of sp³-hybridized carbons (Fsp3) is 0.323. The van der Waals surface area contributed by atoms with Gasteiger partial charge in [0.05, 0.1) is 11.8 Å². The van der Waals surface area contributed by atoms with Gasteiger partial charge in [-0.05, 0) is 40.7 Å². The third-order valence-electron chi connectivity index (χ3n) is 8.29. The SMILES string of the molecule is O=C(CCCCCN1C(=O)[C@@H]2[C@H](C1=O)C1(Cl)c3ccccc3C2(Cl)c2ccccc21)NCc1ccccc1. The second-order valence-electron chi connectivity index (χ2n) is 10.4. The third-order valence-corrected chi connectivity index (χ3v) is 9.58. The van der Waals surface area contributed by atoms with Crippen molar-refractivity contribution < 1.29 is 14.4 Å². The Hall–Kier alpha value is -3.15. The van der Waals surface area contributed by atoms with E-state index >= 15 is 0 Å². The molecule has 3 aromatic carbocycles. The van der Waals surface area contributed by atoms with Crippen molar-refractivity contribution in [3.8, 4) is 0 Å². The molecule has 0 spiro atoms. The number of nitrogens with zero attached hydrogens (tertiary/aromatic N) is 1. The standard InChI is InChI=1S/C31H28Cl2N2O3/c32-30-21-13-6-7-14-22(21)31(33,24-16-9-8-15-23(24)30)27-26(30)28(37)35(29(27)38)18-10-2-5-17-25(36)34-19-20-11-3-1-4-12-20/h1,3-4,6-9,11-16,26-27H,2,5,10,17-19H2,(H,34,36)/t26-,27+,30?,31?. The highest BCUT2D eigenvalue weighted by molar-refractivity contribution is 6.36. The van der Waals surface area contributed by atoms with Crippen LogP contribution >= 0.6 is 23.2 Å². The average Bonchev–Trinajstić information content (AvgIpc) is 3.21. The molecule has 3 aromatic rings. The molecule has 2 bridgehead atoms. The summed E-state index contributed by atoms with van der Waals surface area (Å²) in [4.78, 5) is 38.9. The van der Waals surface area contributed by atoms with E-state index in [1.165, 1.54) is 4.90 Å². The van der Waals surface area contributed by atoms with E-state index in [0.717, 1.165) is 34.2 Å². The summed E-state index contributed by atoms with van der Waals surface area (Å²) in [5, 5.41) is 2.93. The van der Waals surface area contributed by atoms with Crippen LogP contribution in [0.1, 0.15) is 53.5 Å². The number of carbonyl (C=O) groups is 3. The quantitative estimate of drug-likeness (QED) is 0.232. The molecule has 0 unspecified atom stereocenters. The summed E-state index contributed by atoms with van der Waals surface area (Å²) in [6.45, 7) is 0.799. The van der Waals surface area contributed by atoms with Gasteiger partial charge in [0.15, 0.2) is 0 Å². The Balaban J connectivity index is 1.14. The van der Waals surface area contributed by atoms with Crippen molar-refractivity contribution in [3.63, 3.8) is 0 Å². The second-order valence-corrected chi connectivity index (χ2v) is 11.6. The summed E-state index contributed by atoms with van der Waals surface area (Å²) in [5.41, 5.74) is 4.28. The Labute approximate surface area is 232 Å². The summed E-state index contributed by atoms with van der Waals surface area (Å²) >= 11 is 14.9. The minimum Gasteiger partial charge on any atom is -0.352 e. The van der Waals surface area contributed by atoms with Gasteiger partial charge in [0, 0.05) is 19.5 Å². The van der Waals surface area contributed by atoms with Crippen LogP contribution in [0, 0.1) is 11.8 Å². The molecule has 7 rings (SSSR count). The summed E-state index contributed by atoms with van der Waals surface area (Å²) < 4.78 is 0. The van der Waals surface area contributed by atoms with Crippen LogP contribution < -0.4 is 5.32 Å². The molecule has 3 aliphatic carbocycles. The summed E-state index contributed by atoms with van der Waals surface area (Å²) in [6, 6.07) is 25.1. The van der Waals surface area contributed by atoms with Gasteiger partial charge in [0.25, 0.3) is 0 Å². The van der Waals surface area contributed by atoms with Gasteiger partial charge in [-0.25, -0.2) is 0 Å². The van der Waals surface area contributed by atoms with Crippen LogP contribution in [0.4, 0.5) is 0 Å². The zero-order chi connectivity index (χ0) is 26.5. The van der Waals surface area contributed by atoms with E-state index in [1.54, 1.807) is 0 Å². The Morgan fingerprint density at radius 1 is 0.711 bits per heavy atom. The van der Waals surface area contributed by atoms with Gasteiger partial charge in [-0.1, -0.05) is 85.3 Å². The van der Waals surface area contributed by atoms with Crippen LogP contribution in [-0.2, 0) is 30.7 Å². The number of hydrogen-bond acceptors (Lipinski definition) is 3. The van der Waals surface area contributed by atoms with Gasteiger partial charge < -0.3 is 5.32 Å². The molecule has 0 saturated carbocycles. The average molecular weight is 547 g/mol. The fourth-order valence-corrected chi connectivity index (χ4v) is 7.66. The largest absolute Gasteiger partial charge is 0.352 e. The maximum Gasteiger partial charge on any atom is 0.235 e. The van der Waals surface area contributed by atoms with Crippen LogP contribution in [0.3, 0.4) is 0 Å². The molecule has 1 fully saturated rings. The second kappa shape index (κ2) is 9.55. The first-order chi connectivity index (χ1) is 18.4. The van der Waals surface area contributed by atoms with E-state index in [0.29, 0.717) is 32.4 Å². The molecule has 1 saturated heterocycles. The van der Waals surface area contributed by atoms with Crippen molar-refractivity contribution in [1.82, 2.24) is 10.2 Å². The number of benzene rings is 3. The molecule has 3 amide bonds. The minimum atomic E-state index is -1.15.